The third kappa shape index (κ3) is 3.83. The highest BCUT2D eigenvalue weighted by Gasteiger charge is 2.29. The van der Waals surface area contributed by atoms with Crippen molar-refractivity contribution in [2.45, 2.75) is 25.3 Å². The molecule has 1 saturated carbocycles. The summed E-state index contributed by atoms with van der Waals surface area (Å²) in [5.41, 5.74) is 2.75. The lowest BCUT2D eigenvalue weighted by Gasteiger charge is -2.26. The van der Waals surface area contributed by atoms with Crippen LogP contribution in [0.25, 0.3) is 11.2 Å². The molecule has 0 amide bonds. The molecule has 2 fully saturated rings. The summed E-state index contributed by atoms with van der Waals surface area (Å²) < 4.78 is 7.30. The van der Waals surface area contributed by atoms with E-state index in [1.165, 1.54) is 18.4 Å². The Labute approximate surface area is 163 Å². The third-order valence-electron chi connectivity index (χ3n) is 5.32. The molecule has 2 aromatic heterocycles. The Kier molecular flexibility index (Phi) is 4.88. The summed E-state index contributed by atoms with van der Waals surface area (Å²) >= 11 is 0. The fourth-order valence-corrected chi connectivity index (χ4v) is 3.54. The fourth-order valence-electron chi connectivity index (χ4n) is 3.54. The van der Waals surface area contributed by atoms with Gasteiger partial charge in [0, 0.05) is 32.1 Å². The Balaban J connectivity index is 1.38. The van der Waals surface area contributed by atoms with Crippen molar-refractivity contribution in [2.75, 3.05) is 44.7 Å². The molecule has 5 rings (SSSR count). The Morgan fingerprint density at radius 1 is 1.07 bits per heavy atom. The van der Waals surface area contributed by atoms with Crippen molar-refractivity contribution >= 4 is 17.0 Å². The van der Waals surface area contributed by atoms with E-state index in [0.717, 1.165) is 62.2 Å². The normalized spacial score (nSPS) is 17.9. The molecule has 28 heavy (non-hydrogen) atoms. The van der Waals surface area contributed by atoms with Gasteiger partial charge >= 0.3 is 0 Å². The van der Waals surface area contributed by atoms with Crippen LogP contribution in [0.3, 0.4) is 0 Å². The molecule has 1 N–H and O–H groups in total. The second kappa shape index (κ2) is 7.81. The number of aromatic nitrogens is 5. The van der Waals surface area contributed by atoms with E-state index in [1.807, 2.05) is 22.9 Å². The van der Waals surface area contributed by atoms with Gasteiger partial charge in [0.25, 0.3) is 0 Å². The van der Waals surface area contributed by atoms with Gasteiger partial charge in [0.1, 0.15) is 5.82 Å². The molecule has 0 spiro atoms. The zero-order chi connectivity index (χ0) is 18.8. The van der Waals surface area contributed by atoms with Crippen molar-refractivity contribution < 1.29 is 4.74 Å². The summed E-state index contributed by atoms with van der Waals surface area (Å²) in [5, 5.41) is 12.2. The Hall–Kier alpha value is -2.58. The summed E-state index contributed by atoms with van der Waals surface area (Å²) in [4.78, 5) is 12.0. The minimum Gasteiger partial charge on any atom is -0.379 e. The smallest absolute Gasteiger partial charge is 0.184 e. The van der Waals surface area contributed by atoms with E-state index < -0.39 is 0 Å². The number of morpholine rings is 1. The van der Waals surface area contributed by atoms with Gasteiger partial charge in [0.15, 0.2) is 17.0 Å². The molecule has 146 valence electrons. The average molecular weight is 379 g/mol. The minimum atomic E-state index is 0.476. The first kappa shape index (κ1) is 17.5. The second-order valence-corrected chi connectivity index (χ2v) is 7.49. The van der Waals surface area contributed by atoms with E-state index in [-0.39, 0.29) is 0 Å². The molecule has 3 heterocycles. The minimum absolute atomic E-state index is 0.476. The van der Waals surface area contributed by atoms with Crippen LogP contribution in [-0.4, -0.2) is 69.3 Å². The molecule has 1 saturated heterocycles. The highest BCUT2D eigenvalue weighted by Crippen LogP contribution is 2.39. The summed E-state index contributed by atoms with van der Waals surface area (Å²) in [6.45, 7) is 6.05. The summed E-state index contributed by atoms with van der Waals surface area (Å²) in [6.07, 6.45) is 2.33. The van der Waals surface area contributed by atoms with E-state index in [1.54, 1.807) is 0 Å². The standard InChI is InChI=1S/C20H25N7O/c1-2-4-15(5-3-1)14-27-20-17(24-25-27)19(22-18(23-20)16-6-7-16)21-8-9-26-10-12-28-13-11-26/h1-5,16H,6-14H2,(H,21,22,23). The molecule has 2 aliphatic rings. The lowest BCUT2D eigenvalue weighted by molar-refractivity contribution is 0.0398. The van der Waals surface area contributed by atoms with Crippen LogP contribution in [0.5, 0.6) is 0 Å². The van der Waals surface area contributed by atoms with Gasteiger partial charge in [0.05, 0.1) is 19.8 Å². The van der Waals surface area contributed by atoms with Crippen LogP contribution in [0.2, 0.25) is 0 Å². The zero-order valence-electron chi connectivity index (χ0n) is 15.9. The monoisotopic (exact) mass is 379 g/mol. The molecule has 1 aliphatic carbocycles. The molecule has 8 heteroatoms. The number of hydrogen-bond acceptors (Lipinski definition) is 7. The topological polar surface area (TPSA) is 81.0 Å². The predicted octanol–water partition coefficient (Wildman–Crippen LogP) is 1.89. The van der Waals surface area contributed by atoms with E-state index in [9.17, 15) is 0 Å². The first-order valence-electron chi connectivity index (χ1n) is 10.1. The van der Waals surface area contributed by atoms with Gasteiger partial charge in [-0.3, -0.25) is 4.90 Å². The van der Waals surface area contributed by atoms with Crippen molar-refractivity contribution in [1.29, 1.82) is 0 Å². The molecule has 0 bridgehead atoms. The van der Waals surface area contributed by atoms with Crippen molar-refractivity contribution in [3.8, 4) is 0 Å². The number of nitrogens with zero attached hydrogens (tertiary/aromatic N) is 6. The number of nitrogens with one attached hydrogen (secondary N) is 1. The van der Waals surface area contributed by atoms with Crippen LogP contribution < -0.4 is 5.32 Å². The van der Waals surface area contributed by atoms with Gasteiger partial charge in [-0.05, 0) is 18.4 Å². The van der Waals surface area contributed by atoms with Gasteiger partial charge in [-0.15, -0.1) is 5.10 Å². The third-order valence-corrected chi connectivity index (χ3v) is 5.32. The Morgan fingerprint density at radius 3 is 2.68 bits per heavy atom. The summed E-state index contributed by atoms with van der Waals surface area (Å²) in [7, 11) is 0. The molecular formula is C20H25N7O. The number of anilines is 1. The maximum absolute atomic E-state index is 5.42. The first-order valence-corrected chi connectivity index (χ1v) is 10.1. The van der Waals surface area contributed by atoms with Crippen molar-refractivity contribution in [2.24, 2.45) is 0 Å². The van der Waals surface area contributed by atoms with Crippen molar-refractivity contribution in [3.05, 3.63) is 41.7 Å². The quantitative estimate of drug-likeness (QED) is 0.671. The maximum atomic E-state index is 5.42. The fraction of sp³-hybridized carbons (Fsp3) is 0.500. The van der Waals surface area contributed by atoms with E-state index >= 15 is 0 Å². The molecule has 1 aliphatic heterocycles. The Bertz CT molecular complexity index is 932. The molecule has 0 radical (unpaired) electrons. The largest absolute Gasteiger partial charge is 0.379 e. The highest BCUT2D eigenvalue weighted by molar-refractivity contribution is 5.82. The van der Waals surface area contributed by atoms with Crippen LogP contribution in [0.4, 0.5) is 5.82 Å². The molecular weight excluding hydrogens is 354 g/mol. The zero-order valence-corrected chi connectivity index (χ0v) is 15.9. The van der Waals surface area contributed by atoms with Gasteiger partial charge < -0.3 is 10.1 Å². The molecule has 0 atom stereocenters. The van der Waals surface area contributed by atoms with Crippen LogP contribution in [0.1, 0.15) is 30.1 Å². The molecule has 8 nitrogen and oxygen atoms in total. The van der Waals surface area contributed by atoms with Crippen molar-refractivity contribution in [3.63, 3.8) is 0 Å². The maximum Gasteiger partial charge on any atom is 0.184 e. The van der Waals surface area contributed by atoms with Gasteiger partial charge in [-0.25, -0.2) is 14.6 Å². The highest BCUT2D eigenvalue weighted by atomic mass is 16.5. The first-order chi connectivity index (χ1) is 13.9. The number of benzene rings is 1. The molecule has 1 aromatic carbocycles. The molecule has 3 aromatic rings. The summed E-state index contributed by atoms with van der Waals surface area (Å²) in [5.74, 6) is 2.20. The van der Waals surface area contributed by atoms with E-state index in [4.69, 9.17) is 14.7 Å². The number of rotatable bonds is 7. The SMILES string of the molecule is c1ccc(Cn2nnc3c(NCCN4CCOCC4)nc(C4CC4)nc32)cc1. The van der Waals surface area contributed by atoms with Crippen molar-refractivity contribution in [1.82, 2.24) is 29.9 Å². The Morgan fingerprint density at radius 2 is 1.89 bits per heavy atom. The van der Waals surface area contributed by atoms with E-state index in [2.05, 4.69) is 32.7 Å². The van der Waals surface area contributed by atoms with Crippen LogP contribution in [-0.2, 0) is 11.3 Å². The van der Waals surface area contributed by atoms with Crippen LogP contribution in [0, 0.1) is 0 Å². The van der Waals surface area contributed by atoms with Crippen LogP contribution >= 0.6 is 0 Å². The number of fused-ring (bicyclic) bond motifs is 1. The van der Waals surface area contributed by atoms with Gasteiger partial charge in [-0.1, -0.05) is 35.5 Å². The molecule has 0 unspecified atom stereocenters. The van der Waals surface area contributed by atoms with E-state index in [0.29, 0.717) is 12.5 Å². The van der Waals surface area contributed by atoms with Gasteiger partial charge in [-0.2, -0.15) is 0 Å². The lowest BCUT2D eigenvalue weighted by Crippen LogP contribution is -2.39. The second-order valence-electron chi connectivity index (χ2n) is 7.49. The number of ether oxygens (including phenoxy) is 1. The predicted molar refractivity (Wildman–Crippen MR) is 106 cm³/mol. The number of hydrogen-bond donors (Lipinski definition) is 1. The lowest BCUT2D eigenvalue weighted by atomic mass is 10.2. The van der Waals surface area contributed by atoms with Gasteiger partial charge in [0.2, 0.25) is 0 Å². The van der Waals surface area contributed by atoms with Crippen LogP contribution in [0.15, 0.2) is 30.3 Å². The summed E-state index contributed by atoms with van der Waals surface area (Å²) in [6, 6.07) is 10.3. The average Bonchev–Trinajstić information content (AvgIpc) is 3.52.